The molecule has 23 heavy (non-hydrogen) atoms. The first-order valence-electron chi connectivity index (χ1n) is 7.29. The van der Waals surface area contributed by atoms with Crippen LogP contribution in [0.2, 0.25) is 0 Å². The summed E-state index contributed by atoms with van der Waals surface area (Å²) in [6, 6.07) is 0. The maximum absolute atomic E-state index is 12.5. The van der Waals surface area contributed by atoms with E-state index < -0.39 is 23.3 Å². The minimum Gasteiger partial charge on any atom is -0.389 e. The SMILES string of the molecule is CCCn1c(=O)n(C)c(=O)c2c(C(=O)N3CC(O)CO3)csc21. The highest BCUT2D eigenvalue weighted by Crippen LogP contribution is 2.24. The minimum absolute atomic E-state index is 0.0480. The van der Waals surface area contributed by atoms with Crippen molar-refractivity contribution in [3.05, 3.63) is 31.8 Å². The van der Waals surface area contributed by atoms with E-state index in [0.717, 1.165) is 16.1 Å². The van der Waals surface area contributed by atoms with E-state index in [0.29, 0.717) is 11.4 Å². The first kappa shape index (κ1) is 15.9. The van der Waals surface area contributed by atoms with E-state index in [-0.39, 0.29) is 24.1 Å². The standard InChI is InChI=1S/C14H17N3O5S/c1-3-4-16-13-10(12(20)15(2)14(16)21)9(7-23-13)11(19)17-5-8(18)6-22-17/h7-8,18H,3-6H2,1-2H3. The topological polar surface area (TPSA) is 93.8 Å². The lowest BCUT2D eigenvalue weighted by Crippen LogP contribution is -2.38. The molecule has 1 atom stereocenters. The van der Waals surface area contributed by atoms with E-state index in [1.54, 1.807) is 5.38 Å². The molecule has 8 nitrogen and oxygen atoms in total. The fourth-order valence-electron chi connectivity index (χ4n) is 2.60. The molecule has 1 fully saturated rings. The van der Waals surface area contributed by atoms with Crippen LogP contribution in [0.4, 0.5) is 0 Å². The average molecular weight is 339 g/mol. The van der Waals surface area contributed by atoms with Crippen LogP contribution in [0.5, 0.6) is 0 Å². The number of aryl methyl sites for hydroxylation is 1. The van der Waals surface area contributed by atoms with Crippen LogP contribution in [0.15, 0.2) is 15.0 Å². The van der Waals surface area contributed by atoms with Crippen LogP contribution in [0.3, 0.4) is 0 Å². The van der Waals surface area contributed by atoms with E-state index in [9.17, 15) is 19.5 Å². The van der Waals surface area contributed by atoms with Gasteiger partial charge in [-0.1, -0.05) is 6.92 Å². The van der Waals surface area contributed by atoms with E-state index >= 15 is 0 Å². The fourth-order valence-corrected chi connectivity index (χ4v) is 3.66. The number of β-amino-alcohol motifs (C(OH)–C–C–N with tert-alkyl or cyclic N) is 1. The second kappa shape index (κ2) is 5.91. The van der Waals surface area contributed by atoms with Crippen molar-refractivity contribution in [3.63, 3.8) is 0 Å². The molecule has 1 unspecified atom stereocenters. The molecular formula is C14H17N3O5S. The number of hydroxylamine groups is 2. The summed E-state index contributed by atoms with van der Waals surface area (Å²) in [5, 5.41) is 12.3. The molecule has 0 radical (unpaired) electrons. The van der Waals surface area contributed by atoms with Gasteiger partial charge in [-0.2, -0.15) is 0 Å². The summed E-state index contributed by atoms with van der Waals surface area (Å²) >= 11 is 1.19. The van der Waals surface area contributed by atoms with Crippen LogP contribution in [0.25, 0.3) is 10.2 Å². The van der Waals surface area contributed by atoms with Gasteiger partial charge in [0.1, 0.15) is 17.5 Å². The third kappa shape index (κ3) is 2.50. The Kier molecular flexibility index (Phi) is 4.09. The second-order valence-electron chi connectivity index (χ2n) is 5.44. The van der Waals surface area contributed by atoms with Crippen molar-refractivity contribution in [1.29, 1.82) is 0 Å². The predicted octanol–water partition coefficient (Wildman–Crippen LogP) is -0.0800. The highest BCUT2D eigenvalue weighted by Gasteiger charge is 2.30. The molecule has 0 saturated carbocycles. The maximum Gasteiger partial charge on any atom is 0.331 e. The van der Waals surface area contributed by atoms with Gasteiger partial charge in [0, 0.05) is 19.0 Å². The van der Waals surface area contributed by atoms with Gasteiger partial charge in [-0.05, 0) is 6.42 Å². The number of rotatable bonds is 3. The Balaban J connectivity index is 2.19. The molecule has 2 aromatic rings. The number of aromatic nitrogens is 2. The zero-order valence-electron chi connectivity index (χ0n) is 12.8. The van der Waals surface area contributed by atoms with Gasteiger partial charge in [0.05, 0.1) is 17.5 Å². The van der Waals surface area contributed by atoms with Crippen molar-refractivity contribution in [2.45, 2.75) is 26.0 Å². The molecule has 0 aliphatic carbocycles. The molecule has 3 heterocycles. The van der Waals surface area contributed by atoms with Crippen molar-refractivity contribution >= 4 is 27.5 Å². The number of aliphatic hydroxyl groups excluding tert-OH is 1. The lowest BCUT2D eigenvalue weighted by molar-refractivity contribution is -0.0778. The number of hydrogen-bond acceptors (Lipinski definition) is 6. The largest absolute Gasteiger partial charge is 0.389 e. The third-order valence-corrected chi connectivity index (χ3v) is 4.76. The van der Waals surface area contributed by atoms with Gasteiger partial charge in [-0.15, -0.1) is 11.3 Å². The van der Waals surface area contributed by atoms with Gasteiger partial charge in [0.25, 0.3) is 11.5 Å². The van der Waals surface area contributed by atoms with Gasteiger partial charge in [0.15, 0.2) is 0 Å². The third-order valence-electron chi connectivity index (χ3n) is 3.76. The molecule has 0 aromatic carbocycles. The summed E-state index contributed by atoms with van der Waals surface area (Å²) in [6.45, 7) is 2.51. The van der Waals surface area contributed by atoms with Crippen molar-refractivity contribution in [2.75, 3.05) is 13.2 Å². The fraction of sp³-hybridized carbons (Fsp3) is 0.500. The predicted molar refractivity (Wildman–Crippen MR) is 84.6 cm³/mol. The molecule has 1 aliphatic rings. The normalized spacial score (nSPS) is 18.0. The zero-order chi connectivity index (χ0) is 16.7. The van der Waals surface area contributed by atoms with Crippen LogP contribution >= 0.6 is 11.3 Å². The molecule has 1 amide bonds. The Morgan fingerprint density at radius 1 is 1.48 bits per heavy atom. The van der Waals surface area contributed by atoms with E-state index in [1.807, 2.05) is 6.92 Å². The van der Waals surface area contributed by atoms with E-state index in [1.165, 1.54) is 23.0 Å². The molecule has 0 spiro atoms. The van der Waals surface area contributed by atoms with Crippen LogP contribution in [0.1, 0.15) is 23.7 Å². The van der Waals surface area contributed by atoms with Crippen molar-refractivity contribution < 1.29 is 14.7 Å². The quantitative estimate of drug-likeness (QED) is 0.844. The molecule has 1 aliphatic heterocycles. The minimum atomic E-state index is -0.732. The molecule has 2 aromatic heterocycles. The molecule has 0 bridgehead atoms. The smallest absolute Gasteiger partial charge is 0.331 e. The highest BCUT2D eigenvalue weighted by molar-refractivity contribution is 7.17. The summed E-state index contributed by atoms with van der Waals surface area (Å²) < 4.78 is 2.53. The summed E-state index contributed by atoms with van der Waals surface area (Å²) in [6.07, 6.45) is 0.000440. The first-order chi connectivity index (χ1) is 11.0. The van der Waals surface area contributed by atoms with Crippen LogP contribution < -0.4 is 11.2 Å². The Morgan fingerprint density at radius 3 is 2.83 bits per heavy atom. The number of aliphatic hydroxyl groups is 1. The molecule has 124 valence electrons. The molecular weight excluding hydrogens is 322 g/mol. The number of nitrogens with zero attached hydrogens (tertiary/aromatic N) is 3. The first-order valence-corrected chi connectivity index (χ1v) is 8.17. The van der Waals surface area contributed by atoms with Gasteiger partial charge in [0.2, 0.25) is 0 Å². The van der Waals surface area contributed by atoms with Crippen LogP contribution in [0, 0.1) is 0 Å². The Morgan fingerprint density at radius 2 is 2.22 bits per heavy atom. The van der Waals surface area contributed by atoms with Crippen LogP contribution in [-0.2, 0) is 18.4 Å². The van der Waals surface area contributed by atoms with Gasteiger partial charge in [-0.25, -0.2) is 9.86 Å². The monoisotopic (exact) mass is 339 g/mol. The lowest BCUT2D eigenvalue weighted by atomic mass is 10.2. The molecule has 1 saturated heterocycles. The summed E-state index contributed by atoms with van der Waals surface area (Å²) in [5.74, 6) is -0.480. The van der Waals surface area contributed by atoms with Crippen LogP contribution in [-0.4, -0.2) is 44.5 Å². The molecule has 9 heteroatoms. The average Bonchev–Trinajstić information content (AvgIpc) is 3.15. The van der Waals surface area contributed by atoms with Gasteiger partial charge < -0.3 is 5.11 Å². The number of fused-ring (bicyclic) bond motifs is 1. The second-order valence-corrected chi connectivity index (χ2v) is 6.30. The molecule has 1 N–H and O–H groups in total. The Labute approximate surface area is 135 Å². The van der Waals surface area contributed by atoms with E-state index in [4.69, 9.17) is 4.84 Å². The number of carbonyl (C=O) groups excluding carboxylic acids is 1. The summed E-state index contributed by atoms with van der Waals surface area (Å²) in [7, 11) is 1.40. The van der Waals surface area contributed by atoms with Gasteiger partial charge >= 0.3 is 5.69 Å². The Bertz CT molecular complexity index is 881. The highest BCUT2D eigenvalue weighted by atomic mass is 32.1. The number of amides is 1. The van der Waals surface area contributed by atoms with E-state index in [2.05, 4.69) is 0 Å². The van der Waals surface area contributed by atoms with Crippen molar-refractivity contribution in [3.8, 4) is 0 Å². The summed E-state index contributed by atoms with van der Waals surface area (Å²) in [4.78, 5) is 42.9. The van der Waals surface area contributed by atoms with Crippen molar-refractivity contribution in [1.82, 2.24) is 14.2 Å². The number of hydrogen-bond donors (Lipinski definition) is 1. The maximum atomic E-state index is 12.5. The number of carbonyl (C=O) groups is 1. The van der Waals surface area contributed by atoms with Gasteiger partial charge in [-0.3, -0.25) is 23.6 Å². The Hall–Kier alpha value is -1.97. The molecule has 3 rings (SSSR count). The van der Waals surface area contributed by atoms with Crippen molar-refractivity contribution in [2.24, 2.45) is 7.05 Å². The number of thiophene rings is 1. The zero-order valence-corrected chi connectivity index (χ0v) is 13.6. The lowest BCUT2D eigenvalue weighted by Gasteiger charge is -2.13. The summed E-state index contributed by atoms with van der Waals surface area (Å²) in [5.41, 5.74) is -0.690.